The number of hydrogen-bond acceptors (Lipinski definition) is 2. The van der Waals surface area contributed by atoms with Crippen LogP contribution in [-0.4, -0.2) is 23.5 Å². The highest BCUT2D eigenvalue weighted by molar-refractivity contribution is 14.0. The molecule has 0 saturated carbocycles. The highest BCUT2D eigenvalue weighted by atomic mass is 127. The fourth-order valence-electron chi connectivity index (χ4n) is 2.10. The molecule has 3 nitrogen and oxygen atoms in total. The van der Waals surface area contributed by atoms with E-state index in [1.165, 1.54) is 24.7 Å². The number of guanidine groups is 1. The summed E-state index contributed by atoms with van der Waals surface area (Å²) in [5.74, 6) is 1.45. The third kappa shape index (κ3) is 6.23. The molecule has 1 atom stereocenters. The lowest BCUT2D eigenvalue weighted by atomic mass is 10.1. The van der Waals surface area contributed by atoms with Crippen molar-refractivity contribution in [1.29, 1.82) is 0 Å². The molecule has 1 unspecified atom stereocenters. The van der Waals surface area contributed by atoms with Gasteiger partial charge < -0.3 is 11.1 Å². The monoisotopic (exact) mass is 445 g/mol. The molecule has 22 heavy (non-hydrogen) atoms. The topological polar surface area (TPSA) is 50.4 Å². The molecular weight excluding hydrogens is 426 g/mol. The molecule has 1 heterocycles. The van der Waals surface area contributed by atoms with Crippen LogP contribution in [0.5, 0.6) is 0 Å². The highest BCUT2D eigenvalue weighted by Crippen LogP contribution is 2.29. The van der Waals surface area contributed by atoms with Gasteiger partial charge >= 0.3 is 6.18 Å². The summed E-state index contributed by atoms with van der Waals surface area (Å²) >= 11 is 1.91. The van der Waals surface area contributed by atoms with Crippen LogP contribution in [-0.2, 0) is 12.7 Å². The van der Waals surface area contributed by atoms with Gasteiger partial charge in [-0.2, -0.15) is 24.9 Å². The molecular formula is C14H19F3IN3S. The SMILES string of the molecule is I.NC(=NCc1cccc(C(F)(F)F)c1)NCC1CCCS1. The first-order valence-electron chi connectivity index (χ1n) is 6.76. The Labute approximate surface area is 149 Å². The summed E-state index contributed by atoms with van der Waals surface area (Å²) in [7, 11) is 0. The van der Waals surface area contributed by atoms with Gasteiger partial charge in [-0.25, -0.2) is 4.99 Å². The summed E-state index contributed by atoms with van der Waals surface area (Å²) < 4.78 is 37.8. The van der Waals surface area contributed by atoms with Gasteiger partial charge in [0.2, 0.25) is 0 Å². The van der Waals surface area contributed by atoms with Gasteiger partial charge in [0.1, 0.15) is 0 Å². The van der Waals surface area contributed by atoms with Crippen molar-refractivity contribution >= 4 is 41.7 Å². The molecule has 0 bridgehead atoms. The average molecular weight is 445 g/mol. The van der Waals surface area contributed by atoms with Gasteiger partial charge in [-0.1, -0.05) is 12.1 Å². The molecule has 1 aromatic rings. The number of halogens is 4. The van der Waals surface area contributed by atoms with E-state index in [0.29, 0.717) is 10.8 Å². The summed E-state index contributed by atoms with van der Waals surface area (Å²) in [4.78, 5) is 4.09. The van der Waals surface area contributed by atoms with E-state index in [1.54, 1.807) is 6.07 Å². The van der Waals surface area contributed by atoms with Crippen molar-refractivity contribution in [2.24, 2.45) is 10.7 Å². The minimum Gasteiger partial charge on any atom is -0.370 e. The molecule has 8 heteroatoms. The Morgan fingerprint density at radius 3 is 2.82 bits per heavy atom. The Bertz CT molecular complexity index is 502. The molecule has 0 aromatic heterocycles. The van der Waals surface area contributed by atoms with Crippen LogP contribution >= 0.6 is 35.7 Å². The first-order valence-corrected chi connectivity index (χ1v) is 7.81. The maximum atomic E-state index is 12.6. The Morgan fingerprint density at radius 2 is 2.18 bits per heavy atom. The summed E-state index contributed by atoms with van der Waals surface area (Å²) in [6.45, 7) is 0.892. The summed E-state index contributed by atoms with van der Waals surface area (Å²) in [6.07, 6.45) is -1.94. The van der Waals surface area contributed by atoms with E-state index in [4.69, 9.17) is 5.73 Å². The van der Waals surface area contributed by atoms with Crippen molar-refractivity contribution in [1.82, 2.24) is 5.32 Å². The van der Waals surface area contributed by atoms with Gasteiger partial charge in [0, 0.05) is 11.8 Å². The van der Waals surface area contributed by atoms with Gasteiger partial charge in [-0.15, -0.1) is 24.0 Å². The van der Waals surface area contributed by atoms with Crippen LogP contribution in [0.1, 0.15) is 24.0 Å². The maximum Gasteiger partial charge on any atom is 0.416 e. The molecule has 0 radical (unpaired) electrons. The quantitative estimate of drug-likeness (QED) is 0.423. The zero-order valence-corrected chi connectivity index (χ0v) is 15.0. The predicted molar refractivity (Wildman–Crippen MR) is 95.7 cm³/mol. The zero-order chi connectivity index (χ0) is 15.3. The molecule has 0 spiro atoms. The van der Waals surface area contributed by atoms with Crippen molar-refractivity contribution in [3.8, 4) is 0 Å². The molecule has 0 amide bonds. The maximum absolute atomic E-state index is 12.6. The summed E-state index contributed by atoms with van der Waals surface area (Å²) in [5.41, 5.74) is 5.56. The molecule has 1 aromatic carbocycles. The van der Waals surface area contributed by atoms with Crippen LogP contribution < -0.4 is 11.1 Å². The van der Waals surface area contributed by atoms with Gasteiger partial charge in [0.05, 0.1) is 12.1 Å². The fourth-order valence-corrected chi connectivity index (χ4v) is 3.30. The number of thioether (sulfide) groups is 1. The van der Waals surface area contributed by atoms with E-state index in [0.717, 1.165) is 18.7 Å². The highest BCUT2D eigenvalue weighted by Gasteiger charge is 2.30. The van der Waals surface area contributed by atoms with E-state index in [-0.39, 0.29) is 36.5 Å². The summed E-state index contributed by atoms with van der Waals surface area (Å²) in [5, 5.41) is 3.57. The molecule has 1 aliphatic heterocycles. The number of nitrogens with one attached hydrogen (secondary N) is 1. The second-order valence-corrected chi connectivity index (χ2v) is 6.32. The van der Waals surface area contributed by atoms with Gasteiger partial charge in [-0.05, 0) is 36.3 Å². The van der Waals surface area contributed by atoms with E-state index in [1.807, 2.05) is 11.8 Å². The van der Waals surface area contributed by atoms with Crippen LogP contribution in [0.25, 0.3) is 0 Å². The van der Waals surface area contributed by atoms with Crippen LogP contribution in [0.2, 0.25) is 0 Å². The van der Waals surface area contributed by atoms with Crippen molar-refractivity contribution in [2.75, 3.05) is 12.3 Å². The zero-order valence-electron chi connectivity index (χ0n) is 11.9. The van der Waals surface area contributed by atoms with Crippen LogP contribution in [0.15, 0.2) is 29.3 Å². The number of nitrogens with zero attached hydrogens (tertiary/aromatic N) is 1. The number of alkyl halides is 3. The Morgan fingerprint density at radius 1 is 1.41 bits per heavy atom. The Kier molecular flexibility index (Phi) is 7.81. The van der Waals surface area contributed by atoms with Crippen molar-refractivity contribution in [2.45, 2.75) is 30.8 Å². The molecule has 1 fully saturated rings. The number of rotatable bonds is 4. The van der Waals surface area contributed by atoms with E-state index in [2.05, 4.69) is 10.3 Å². The molecule has 0 aliphatic carbocycles. The standard InChI is InChI=1S/C14H18F3N3S.HI/c15-14(16,17)11-4-1-3-10(7-11)8-19-13(18)20-9-12-5-2-6-21-12;/h1,3-4,7,12H,2,5-6,8-9H2,(H3,18,19,20);1H. The average Bonchev–Trinajstić information content (AvgIpc) is 2.95. The van der Waals surface area contributed by atoms with Gasteiger partial charge in [-0.3, -0.25) is 0 Å². The fraction of sp³-hybridized carbons (Fsp3) is 0.500. The smallest absolute Gasteiger partial charge is 0.370 e. The van der Waals surface area contributed by atoms with Crippen molar-refractivity contribution < 1.29 is 13.2 Å². The minimum atomic E-state index is -4.33. The first kappa shape index (κ1) is 19.4. The predicted octanol–water partition coefficient (Wildman–Crippen LogP) is 3.62. The molecule has 1 aliphatic rings. The lowest BCUT2D eigenvalue weighted by Gasteiger charge is -2.11. The molecule has 1 saturated heterocycles. The molecule has 3 N–H and O–H groups in total. The Hall–Kier alpha value is -0.640. The van der Waals surface area contributed by atoms with Crippen LogP contribution in [0.4, 0.5) is 13.2 Å². The largest absolute Gasteiger partial charge is 0.416 e. The van der Waals surface area contributed by atoms with Gasteiger partial charge in [0.15, 0.2) is 5.96 Å². The van der Waals surface area contributed by atoms with Crippen LogP contribution in [0.3, 0.4) is 0 Å². The van der Waals surface area contributed by atoms with Crippen molar-refractivity contribution in [3.05, 3.63) is 35.4 Å². The normalized spacial score (nSPS) is 18.9. The Balaban J connectivity index is 0.00000242. The van der Waals surface area contributed by atoms with E-state index in [9.17, 15) is 13.2 Å². The number of hydrogen-bond donors (Lipinski definition) is 2. The number of nitrogens with two attached hydrogens (primary N) is 1. The number of aliphatic imine (C=N–C) groups is 1. The van der Waals surface area contributed by atoms with E-state index < -0.39 is 11.7 Å². The first-order chi connectivity index (χ1) is 9.95. The lowest BCUT2D eigenvalue weighted by Crippen LogP contribution is -2.35. The number of benzene rings is 1. The second kappa shape index (κ2) is 8.85. The van der Waals surface area contributed by atoms with E-state index >= 15 is 0 Å². The lowest BCUT2D eigenvalue weighted by molar-refractivity contribution is -0.137. The summed E-state index contributed by atoms with van der Waals surface area (Å²) in [6, 6.07) is 5.14. The van der Waals surface area contributed by atoms with Gasteiger partial charge in [0.25, 0.3) is 0 Å². The molecule has 2 rings (SSSR count). The second-order valence-electron chi connectivity index (χ2n) is 4.92. The minimum absolute atomic E-state index is 0. The third-order valence-corrected chi connectivity index (χ3v) is 4.62. The van der Waals surface area contributed by atoms with Crippen LogP contribution in [0, 0.1) is 0 Å². The molecule has 124 valence electrons. The van der Waals surface area contributed by atoms with Crippen molar-refractivity contribution in [3.63, 3.8) is 0 Å². The third-order valence-electron chi connectivity index (χ3n) is 3.22.